The lowest BCUT2D eigenvalue weighted by Gasteiger charge is -2.00. The SMILES string of the molecule is NCCSc1cc(O)c2nc(N)sc2c1. The van der Waals surface area contributed by atoms with Crippen LogP contribution in [0.4, 0.5) is 5.13 Å². The Balaban J connectivity index is 2.42. The fourth-order valence-corrected chi connectivity index (χ4v) is 2.88. The highest BCUT2D eigenvalue weighted by Gasteiger charge is 2.08. The summed E-state index contributed by atoms with van der Waals surface area (Å²) in [7, 11) is 0. The fourth-order valence-electron chi connectivity index (χ4n) is 1.26. The van der Waals surface area contributed by atoms with Crippen LogP contribution >= 0.6 is 23.1 Å². The Morgan fingerprint density at radius 3 is 3.00 bits per heavy atom. The summed E-state index contributed by atoms with van der Waals surface area (Å²) in [6.07, 6.45) is 0. The number of rotatable bonds is 3. The molecule has 0 spiro atoms. The van der Waals surface area contributed by atoms with E-state index in [0.717, 1.165) is 15.3 Å². The zero-order valence-corrected chi connectivity index (χ0v) is 9.57. The number of aromatic nitrogens is 1. The number of hydrogen-bond acceptors (Lipinski definition) is 6. The third-order valence-electron chi connectivity index (χ3n) is 1.85. The van der Waals surface area contributed by atoms with Crippen LogP contribution in [-0.2, 0) is 0 Å². The number of thiazole rings is 1. The highest BCUT2D eigenvalue weighted by molar-refractivity contribution is 7.99. The van der Waals surface area contributed by atoms with Crippen LogP contribution < -0.4 is 11.5 Å². The minimum absolute atomic E-state index is 0.181. The minimum atomic E-state index is 0.181. The zero-order chi connectivity index (χ0) is 10.8. The van der Waals surface area contributed by atoms with E-state index < -0.39 is 0 Å². The predicted octanol–water partition coefficient (Wildman–Crippen LogP) is 1.63. The van der Waals surface area contributed by atoms with Crippen molar-refractivity contribution in [3.05, 3.63) is 12.1 Å². The van der Waals surface area contributed by atoms with Crippen molar-refractivity contribution < 1.29 is 5.11 Å². The molecule has 1 aromatic heterocycles. The van der Waals surface area contributed by atoms with Crippen molar-refractivity contribution >= 4 is 38.4 Å². The summed E-state index contributed by atoms with van der Waals surface area (Å²) >= 11 is 2.99. The molecule has 1 aromatic carbocycles. The summed E-state index contributed by atoms with van der Waals surface area (Å²) in [5.74, 6) is 1.01. The van der Waals surface area contributed by atoms with Gasteiger partial charge < -0.3 is 16.6 Å². The molecule has 2 rings (SSSR count). The van der Waals surface area contributed by atoms with Crippen molar-refractivity contribution in [3.8, 4) is 5.75 Å². The molecule has 4 nitrogen and oxygen atoms in total. The Labute approximate surface area is 95.3 Å². The summed E-state index contributed by atoms with van der Waals surface area (Å²) in [5, 5.41) is 10.2. The number of phenols is 1. The second-order valence-electron chi connectivity index (χ2n) is 2.98. The summed E-state index contributed by atoms with van der Waals surface area (Å²) in [6, 6.07) is 3.67. The van der Waals surface area contributed by atoms with E-state index in [1.807, 2.05) is 6.07 Å². The first kappa shape index (κ1) is 10.5. The third-order valence-corrected chi connectivity index (χ3v) is 3.69. The van der Waals surface area contributed by atoms with Crippen molar-refractivity contribution in [2.45, 2.75) is 4.90 Å². The van der Waals surface area contributed by atoms with E-state index in [0.29, 0.717) is 17.2 Å². The molecule has 80 valence electrons. The highest BCUT2D eigenvalue weighted by atomic mass is 32.2. The quantitative estimate of drug-likeness (QED) is 0.711. The van der Waals surface area contributed by atoms with Gasteiger partial charge in [0.25, 0.3) is 0 Å². The fraction of sp³-hybridized carbons (Fsp3) is 0.222. The predicted molar refractivity (Wildman–Crippen MR) is 65.5 cm³/mol. The van der Waals surface area contributed by atoms with E-state index >= 15 is 0 Å². The average Bonchev–Trinajstić information content (AvgIpc) is 2.56. The number of fused-ring (bicyclic) bond motifs is 1. The molecule has 6 heteroatoms. The lowest BCUT2D eigenvalue weighted by atomic mass is 10.3. The molecule has 0 atom stereocenters. The van der Waals surface area contributed by atoms with Crippen LogP contribution in [-0.4, -0.2) is 22.4 Å². The molecule has 0 bridgehead atoms. The van der Waals surface area contributed by atoms with Gasteiger partial charge in [-0.15, -0.1) is 11.8 Å². The third kappa shape index (κ3) is 2.17. The summed E-state index contributed by atoms with van der Waals surface area (Å²) in [6.45, 7) is 0.619. The van der Waals surface area contributed by atoms with E-state index in [4.69, 9.17) is 11.5 Å². The van der Waals surface area contributed by atoms with Gasteiger partial charge in [-0.05, 0) is 12.1 Å². The van der Waals surface area contributed by atoms with Crippen LogP contribution in [0.3, 0.4) is 0 Å². The van der Waals surface area contributed by atoms with Gasteiger partial charge in [-0.25, -0.2) is 4.98 Å². The van der Waals surface area contributed by atoms with Crippen LogP contribution in [0.1, 0.15) is 0 Å². The van der Waals surface area contributed by atoms with Crippen molar-refractivity contribution in [3.63, 3.8) is 0 Å². The van der Waals surface area contributed by atoms with Crippen LogP contribution in [0.15, 0.2) is 17.0 Å². The lowest BCUT2D eigenvalue weighted by molar-refractivity contribution is 0.479. The molecule has 0 amide bonds. The molecular weight excluding hydrogens is 230 g/mol. The Morgan fingerprint density at radius 2 is 2.27 bits per heavy atom. The first-order chi connectivity index (χ1) is 7.20. The standard InChI is InChI=1S/C9H11N3OS2/c10-1-2-14-5-3-6(13)8-7(4-5)15-9(11)12-8/h3-4,13H,1-2,10H2,(H2,11,12). The van der Waals surface area contributed by atoms with Crippen LogP contribution in [0.5, 0.6) is 5.75 Å². The number of nitrogens with zero attached hydrogens (tertiary/aromatic N) is 1. The number of nitrogen functional groups attached to an aromatic ring is 1. The van der Waals surface area contributed by atoms with E-state index in [2.05, 4.69) is 4.98 Å². The molecule has 0 aliphatic carbocycles. The van der Waals surface area contributed by atoms with Gasteiger partial charge in [-0.1, -0.05) is 11.3 Å². The minimum Gasteiger partial charge on any atom is -0.506 e. The molecule has 1 heterocycles. The summed E-state index contributed by atoms with van der Waals surface area (Å²) in [4.78, 5) is 5.04. The number of aromatic hydroxyl groups is 1. The Hall–Kier alpha value is -0.980. The second kappa shape index (κ2) is 4.26. The van der Waals surface area contributed by atoms with Gasteiger partial charge in [0.2, 0.25) is 0 Å². The number of anilines is 1. The Kier molecular flexibility index (Phi) is 2.99. The molecule has 0 unspecified atom stereocenters. The normalized spacial score (nSPS) is 11.0. The molecule has 5 N–H and O–H groups in total. The Morgan fingerprint density at radius 1 is 1.47 bits per heavy atom. The largest absolute Gasteiger partial charge is 0.506 e. The number of nitrogens with two attached hydrogens (primary N) is 2. The van der Waals surface area contributed by atoms with Gasteiger partial charge in [0.05, 0.1) is 4.70 Å². The van der Waals surface area contributed by atoms with Gasteiger partial charge >= 0.3 is 0 Å². The van der Waals surface area contributed by atoms with E-state index in [1.54, 1.807) is 17.8 Å². The molecular formula is C9H11N3OS2. The highest BCUT2D eigenvalue weighted by Crippen LogP contribution is 2.34. The number of phenolic OH excluding ortho intramolecular Hbond substituents is 1. The van der Waals surface area contributed by atoms with E-state index in [-0.39, 0.29) is 5.75 Å². The second-order valence-corrected chi connectivity index (χ2v) is 5.21. The maximum Gasteiger partial charge on any atom is 0.181 e. The average molecular weight is 241 g/mol. The molecule has 0 radical (unpaired) electrons. The molecule has 0 fully saturated rings. The van der Waals surface area contributed by atoms with Crippen molar-refractivity contribution in [2.24, 2.45) is 5.73 Å². The topological polar surface area (TPSA) is 85.2 Å². The molecule has 0 aliphatic rings. The van der Waals surface area contributed by atoms with Gasteiger partial charge in [0.1, 0.15) is 11.3 Å². The number of thioether (sulfide) groups is 1. The summed E-state index contributed by atoms with van der Waals surface area (Å²) < 4.78 is 0.909. The van der Waals surface area contributed by atoms with Gasteiger partial charge in [-0.3, -0.25) is 0 Å². The van der Waals surface area contributed by atoms with Gasteiger partial charge in [0, 0.05) is 17.2 Å². The summed E-state index contributed by atoms with van der Waals surface area (Å²) in [5.41, 5.74) is 11.6. The van der Waals surface area contributed by atoms with Crippen LogP contribution in [0, 0.1) is 0 Å². The maximum atomic E-state index is 9.71. The van der Waals surface area contributed by atoms with Crippen molar-refractivity contribution in [1.29, 1.82) is 0 Å². The first-order valence-electron chi connectivity index (χ1n) is 4.42. The van der Waals surface area contributed by atoms with E-state index in [9.17, 15) is 5.11 Å². The van der Waals surface area contributed by atoms with Crippen molar-refractivity contribution in [1.82, 2.24) is 4.98 Å². The van der Waals surface area contributed by atoms with Crippen molar-refractivity contribution in [2.75, 3.05) is 18.0 Å². The first-order valence-corrected chi connectivity index (χ1v) is 6.23. The molecule has 15 heavy (non-hydrogen) atoms. The smallest absolute Gasteiger partial charge is 0.181 e. The molecule has 0 aliphatic heterocycles. The zero-order valence-electron chi connectivity index (χ0n) is 7.93. The lowest BCUT2D eigenvalue weighted by Crippen LogP contribution is -2.00. The molecule has 0 saturated heterocycles. The van der Waals surface area contributed by atoms with Gasteiger partial charge in [-0.2, -0.15) is 0 Å². The number of hydrogen-bond donors (Lipinski definition) is 3. The van der Waals surface area contributed by atoms with E-state index in [1.165, 1.54) is 11.3 Å². The monoisotopic (exact) mass is 241 g/mol. The Bertz CT molecular complexity index is 483. The van der Waals surface area contributed by atoms with Crippen LogP contribution in [0.2, 0.25) is 0 Å². The van der Waals surface area contributed by atoms with Crippen LogP contribution in [0.25, 0.3) is 10.2 Å². The maximum absolute atomic E-state index is 9.71. The molecule has 0 saturated carbocycles. The number of benzene rings is 1. The van der Waals surface area contributed by atoms with Gasteiger partial charge in [0.15, 0.2) is 5.13 Å². The molecule has 2 aromatic rings.